The highest BCUT2D eigenvalue weighted by atomic mass is 79.9. The second-order valence-electron chi connectivity index (χ2n) is 4.09. The van der Waals surface area contributed by atoms with Crippen molar-refractivity contribution in [1.29, 1.82) is 0 Å². The van der Waals surface area contributed by atoms with Crippen LogP contribution in [0.4, 0.5) is 0 Å². The molecule has 1 unspecified atom stereocenters. The zero-order chi connectivity index (χ0) is 14.5. The normalized spacial score (nSPS) is 12.2. The van der Waals surface area contributed by atoms with E-state index in [0.29, 0.717) is 15.6 Å². The zero-order valence-corrected chi connectivity index (χ0v) is 13.5. The maximum atomic E-state index is 12.1. The maximum Gasteiger partial charge on any atom is 0.202 e. The van der Waals surface area contributed by atoms with Gasteiger partial charge in [0.1, 0.15) is 0 Å². The first kappa shape index (κ1) is 15.5. The van der Waals surface area contributed by atoms with Crippen LogP contribution in [0.3, 0.4) is 0 Å². The highest BCUT2D eigenvalue weighted by molar-refractivity contribution is 9.09. The molecule has 0 aliphatic carbocycles. The summed E-state index contributed by atoms with van der Waals surface area (Å²) in [4.78, 5) is 12.1. The van der Waals surface area contributed by atoms with Crippen LogP contribution in [-0.2, 0) is 11.3 Å². The lowest BCUT2D eigenvalue weighted by Gasteiger charge is -2.11. The van der Waals surface area contributed by atoms with Crippen molar-refractivity contribution < 1.29 is 9.53 Å². The number of hydrogen-bond acceptors (Lipinski definition) is 2. The average molecular weight is 374 g/mol. The van der Waals surface area contributed by atoms with Crippen LogP contribution in [0.25, 0.3) is 0 Å². The third-order valence-corrected chi connectivity index (χ3v) is 3.93. The van der Waals surface area contributed by atoms with Crippen molar-refractivity contribution in [3.05, 3.63) is 69.7 Å². The molecule has 0 fully saturated rings. The molecule has 5 heteroatoms. The average Bonchev–Trinajstić information content (AvgIpc) is 2.46. The van der Waals surface area contributed by atoms with Crippen molar-refractivity contribution in [2.45, 2.75) is 11.6 Å². The number of ketones is 1. The van der Waals surface area contributed by atoms with E-state index in [1.807, 2.05) is 18.2 Å². The number of hydrogen-bond donors (Lipinski definition) is 0. The first-order valence-corrected chi connectivity index (χ1v) is 7.54. The van der Waals surface area contributed by atoms with Gasteiger partial charge in [0, 0.05) is 15.6 Å². The fourth-order valence-corrected chi connectivity index (χ4v) is 2.47. The number of carbonyl (C=O) groups is 1. The first-order chi connectivity index (χ1) is 9.58. The molecule has 2 rings (SSSR count). The second kappa shape index (κ2) is 7.23. The third-order valence-electron chi connectivity index (χ3n) is 2.66. The van der Waals surface area contributed by atoms with Gasteiger partial charge in [-0.05, 0) is 33.6 Å². The van der Waals surface area contributed by atoms with E-state index < -0.39 is 5.01 Å². The molecule has 0 saturated heterocycles. The predicted octanol–water partition coefficient (Wildman–Crippen LogP) is 5.11. The van der Waals surface area contributed by atoms with Crippen LogP contribution in [0.2, 0.25) is 10.0 Å². The van der Waals surface area contributed by atoms with Crippen LogP contribution >= 0.6 is 39.1 Å². The Morgan fingerprint density at radius 1 is 1.15 bits per heavy atom. The van der Waals surface area contributed by atoms with E-state index in [1.54, 1.807) is 30.3 Å². The summed E-state index contributed by atoms with van der Waals surface area (Å²) in [6.07, 6.45) is 0. The topological polar surface area (TPSA) is 26.3 Å². The van der Waals surface area contributed by atoms with Crippen molar-refractivity contribution in [2.24, 2.45) is 0 Å². The van der Waals surface area contributed by atoms with E-state index in [4.69, 9.17) is 27.9 Å². The van der Waals surface area contributed by atoms with Crippen molar-refractivity contribution in [3.8, 4) is 0 Å². The fraction of sp³-hybridized carbons (Fsp3) is 0.133. The number of halogens is 3. The minimum atomic E-state index is -0.711. The molecular weight excluding hydrogens is 363 g/mol. The molecule has 0 bridgehead atoms. The molecule has 0 radical (unpaired) electrons. The molecule has 20 heavy (non-hydrogen) atoms. The van der Waals surface area contributed by atoms with Gasteiger partial charge in [-0.15, -0.1) is 0 Å². The molecular formula is C15H11BrCl2O2. The van der Waals surface area contributed by atoms with Gasteiger partial charge in [-0.2, -0.15) is 0 Å². The monoisotopic (exact) mass is 372 g/mol. The summed E-state index contributed by atoms with van der Waals surface area (Å²) in [5, 5.41) is 0.371. The number of carbonyl (C=O) groups excluding carboxylic acids is 1. The molecule has 0 amide bonds. The summed E-state index contributed by atoms with van der Waals surface area (Å²) in [6.45, 7) is 0.227. The Kier molecular flexibility index (Phi) is 5.61. The van der Waals surface area contributed by atoms with Gasteiger partial charge in [-0.25, -0.2) is 0 Å². The third kappa shape index (κ3) is 4.06. The molecule has 0 aliphatic rings. The van der Waals surface area contributed by atoms with E-state index in [-0.39, 0.29) is 12.4 Å². The molecule has 2 aromatic carbocycles. The Bertz CT molecular complexity index is 602. The van der Waals surface area contributed by atoms with Crippen molar-refractivity contribution in [1.82, 2.24) is 0 Å². The van der Waals surface area contributed by atoms with Gasteiger partial charge in [0.05, 0.1) is 6.61 Å². The van der Waals surface area contributed by atoms with Crippen LogP contribution in [0.1, 0.15) is 15.9 Å². The minimum Gasteiger partial charge on any atom is -0.354 e. The first-order valence-electron chi connectivity index (χ1n) is 5.87. The molecule has 2 nitrogen and oxygen atoms in total. The largest absolute Gasteiger partial charge is 0.354 e. The summed E-state index contributed by atoms with van der Waals surface area (Å²) < 4.78 is 5.50. The van der Waals surface area contributed by atoms with Crippen LogP contribution in [0.15, 0.2) is 48.5 Å². The standard InChI is InChI=1S/C15H11BrCl2O2/c16-15(14(19)10-4-2-1-3-5-10)20-9-11-6-7-12(17)8-13(11)18/h1-8,15H,9H2. The van der Waals surface area contributed by atoms with Gasteiger partial charge in [-0.3, -0.25) is 4.79 Å². The predicted molar refractivity (Wildman–Crippen MR) is 84.7 cm³/mol. The summed E-state index contributed by atoms with van der Waals surface area (Å²) in [7, 11) is 0. The molecule has 0 aliphatic heterocycles. The van der Waals surface area contributed by atoms with E-state index >= 15 is 0 Å². The zero-order valence-electron chi connectivity index (χ0n) is 10.4. The van der Waals surface area contributed by atoms with Gasteiger partial charge in [0.2, 0.25) is 5.78 Å². The van der Waals surface area contributed by atoms with Crippen molar-refractivity contribution in [3.63, 3.8) is 0 Å². The van der Waals surface area contributed by atoms with Crippen molar-refractivity contribution in [2.75, 3.05) is 0 Å². The number of Topliss-reactive ketones (excluding diaryl/α,β-unsaturated/α-hetero) is 1. The molecule has 0 N–H and O–H groups in total. The summed E-state index contributed by atoms with van der Waals surface area (Å²) in [5.74, 6) is -0.129. The Morgan fingerprint density at radius 3 is 2.50 bits per heavy atom. The van der Waals surface area contributed by atoms with Crippen LogP contribution in [-0.4, -0.2) is 10.8 Å². The van der Waals surface area contributed by atoms with Gasteiger partial charge in [0.25, 0.3) is 0 Å². The van der Waals surface area contributed by atoms with E-state index in [9.17, 15) is 4.79 Å². The molecule has 0 saturated carbocycles. The lowest BCUT2D eigenvalue weighted by atomic mass is 10.1. The molecule has 104 valence electrons. The Balaban J connectivity index is 1.98. The Morgan fingerprint density at radius 2 is 1.85 bits per heavy atom. The van der Waals surface area contributed by atoms with Crippen molar-refractivity contribution >= 4 is 44.9 Å². The number of rotatable bonds is 5. The van der Waals surface area contributed by atoms with Crippen LogP contribution in [0, 0.1) is 0 Å². The summed E-state index contributed by atoms with van der Waals surface area (Å²) in [6, 6.07) is 14.1. The maximum absolute atomic E-state index is 12.1. The smallest absolute Gasteiger partial charge is 0.202 e. The number of benzene rings is 2. The highest BCUT2D eigenvalue weighted by Gasteiger charge is 2.17. The quantitative estimate of drug-likeness (QED) is 0.537. The molecule has 2 aromatic rings. The van der Waals surface area contributed by atoms with Gasteiger partial charge >= 0.3 is 0 Å². The lowest BCUT2D eigenvalue weighted by molar-refractivity contribution is 0.0652. The summed E-state index contributed by atoms with van der Waals surface area (Å²) >= 11 is 15.1. The fourth-order valence-electron chi connectivity index (χ4n) is 1.61. The number of ether oxygens (including phenoxy) is 1. The lowest BCUT2D eigenvalue weighted by Crippen LogP contribution is -2.17. The van der Waals surface area contributed by atoms with E-state index in [2.05, 4.69) is 15.9 Å². The van der Waals surface area contributed by atoms with Crippen LogP contribution < -0.4 is 0 Å². The van der Waals surface area contributed by atoms with Gasteiger partial charge in [0.15, 0.2) is 5.01 Å². The Hall–Kier alpha value is -0.870. The van der Waals surface area contributed by atoms with Gasteiger partial charge < -0.3 is 4.74 Å². The SMILES string of the molecule is O=C(c1ccccc1)C(Br)OCc1ccc(Cl)cc1Cl. The second-order valence-corrected chi connectivity index (χ2v) is 5.77. The molecule has 0 aromatic heterocycles. The molecule has 0 spiro atoms. The van der Waals surface area contributed by atoms with Gasteiger partial charge in [-0.1, -0.05) is 59.6 Å². The highest BCUT2D eigenvalue weighted by Crippen LogP contribution is 2.23. The number of alkyl halides is 1. The van der Waals surface area contributed by atoms with Crippen LogP contribution in [0.5, 0.6) is 0 Å². The molecule has 1 atom stereocenters. The summed E-state index contributed by atoms with van der Waals surface area (Å²) in [5.41, 5.74) is 1.37. The van der Waals surface area contributed by atoms with E-state index in [1.165, 1.54) is 0 Å². The Labute approximate surface area is 135 Å². The molecule has 0 heterocycles. The minimum absolute atomic E-state index is 0.129. The van der Waals surface area contributed by atoms with E-state index in [0.717, 1.165) is 5.56 Å².